The van der Waals surface area contributed by atoms with E-state index in [0.29, 0.717) is 16.7 Å². The smallest absolute Gasteiger partial charge is 0.152 e. The Morgan fingerprint density at radius 1 is 1.20 bits per heavy atom. The average Bonchev–Trinajstić information content (AvgIpc) is 3.07. The van der Waals surface area contributed by atoms with Crippen LogP contribution in [0.2, 0.25) is 0 Å². The second-order valence-corrected chi connectivity index (χ2v) is 8.24. The molecule has 0 aromatic carbocycles. The fourth-order valence-electron chi connectivity index (χ4n) is 5.45. The van der Waals surface area contributed by atoms with Crippen molar-refractivity contribution in [3.05, 3.63) is 12.2 Å². The fraction of sp³-hybridized carbons (Fsp3) is 0.833. The molecular formula is C18H28O2. The lowest BCUT2D eigenvalue weighted by atomic mass is 9.46. The van der Waals surface area contributed by atoms with Crippen molar-refractivity contribution in [1.82, 2.24) is 0 Å². The highest BCUT2D eigenvalue weighted by atomic mass is 16.6. The maximum absolute atomic E-state index is 11.4. The largest absolute Gasteiger partial charge is 0.369 e. The lowest BCUT2D eigenvalue weighted by Gasteiger charge is -2.58. The highest BCUT2D eigenvalue weighted by molar-refractivity contribution is 5.87. The SMILES string of the molecule is CC(=O)/C=C/[C@H]1[C@]2(CCC3C(C)(C)CCC[C@@]31C)CO2. The zero-order valence-corrected chi connectivity index (χ0v) is 13.4. The van der Waals surface area contributed by atoms with Crippen molar-refractivity contribution in [3.63, 3.8) is 0 Å². The molecule has 1 unspecified atom stereocenters. The summed E-state index contributed by atoms with van der Waals surface area (Å²) >= 11 is 0. The average molecular weight is 276 g/mol. The van der Waals surface area contributed by atoms with Gasteiger partial charge in [0.2, 0.25) is 0 Å². The molecule has 1 saturated heterocycles. The van der Waals surface area contributed by atoms with E-state index >= 15 is 0 Å². The van der Waals surface area contributed by atoms with Crippen LogP contribution in [0.15, 0.2) is 12.2 Å². The number of fused-ring (bicyclic) bond motifs is 1. The maximum Gasteiger partial charge on any atom is 0.152 e. The summed E-state index contributed by atoms with van der Waals surface area (Å²) in [5, 5.41) is 0. The third-order valence-electron chi connectivity index (χ3n) is 6.45. The predicted octanol–water partition coefficient (Wildman–Crippen LogP) is 4.14. The Bertz CT molecular complexity index is 444. The molecule has 3 rings (SSSR count). The minimum atomic E-state index is 0.0601. The number of carbonyl (C=O) groups is 1. The van der Waals surface area contributed by atoms with Gasteiger partial charge in [-0.1, -0.05) is 33.3 Å². The second kappa shape index (κ2) is 4.43. The molecule has 2 aliphatic carbocycles. The summed E-state index contributed by atoms with van der Waals surface area (Å²) in [6, 6.07) is 0. The van der Waals surface area contributed by atoms with Crippen LogP contribution in [-0.4, -0.2) is 18.0 Å². The molecule has 0 aromatic heterocycles. The molecule has 0 bridgehead atoms. The highest BCUT2D eigenvalue weighted by Gasteiger charge is 2.64. The first-order valence-corrected chi connectivity index (χ1v) is 8.13. The molecule has 3 aliphatic rings. The fourth-order valence-corrected chi connectivity index (χ4v) is 5.45. The molecule has 3 fully saturated rings. The van der Waals surface area contributed by atoms with Crippen molar-refractivity contribution in [1.29, 1.82) is 0 Å². The minimum Gasteiger partial charge on any atom is -0.369 e. The van der Waals surface area contributed by atoms with Gasteiger partial charge in [0.25, 0.3) is 0 Å². The first-order valence-electron chi connectivity index (χ1n) is 8.13. The van der Waals surface area contributed by atoms with E-state index < -0.39 is 0 Å². The molecule has 112 valence electrons. The van der Waals surface area contributed by atoms with Crippen LogP contribution in [0.4, 0.5) is 0 Å². The Hall–Kier alpha value is -0.630. The van der Waals surface area contributed by atoms with E-state index in [1.165, 1.54) is 32.1 Å². The van der Waals surface area contributed by atoms with Crippen LogP contribution in [0.25, 0.3) is 0 Å². The van der Waals surface area contributed by atoms with Crippen LogP contribution in [0.3, 0.4) is 0 Å². The summed E-state index contributed by atoms with van der Waals surface area (Å²) in [7, 11) is 0. The summed E-state index contributed by atoms with van der Waals surface area (Å²) < 4.78 is 5.90. The van der Waals surface area contributed by atoms with Crippen LogP contribution < -0.4 is 0 Å². The first-order chi connectivity index (χ1) is 9.30. The standard InChI is InChI=1S/C18H28O2/c1-13(19)6-7-15-17(4)10-5-9-16(2,3)14(17)8-11-18(15)12-20-18/h6-7,14-15H,5,8-12H2,1-4H3/b7-6+/t14?,15-,17+,18+/m1/s1. The molecular weight excluding hydrogens is 248 g/mol. The maximum atomic E-state index is 11.4. The van der Waals surface area contributed by atoms with Gasteiger partial charge in [-0.05, 0) is 55.4 Å². The van der Waals surface area contributed by atoms with E-state index in [9.17, 15) is 4.79 Å². The third kappa shape index (κ3) is 2.07. The number of hydrogen-bond acceptors (Lipinski definition) is 2. The zero-order valence-electron chi connectivity index (χ0n) is 13.4. The minimum absolute atomic E-state index is 0.0601. The van der Waals surface area contributed by atoms with Crippen LogP contribution >= 0.6 is 0 Å². The van der Waals surface area contributed by atoms with Gasteiger partial charge in [0.15, 0.2) is 5.78 Å². The lowest BCUT2D eigenvalue weighted by Crippen LogP contribution is -2.54. The zero-order chi connectivity index (χ0) is 14.6. The number of rotatable bonds is 2. The Morgan fingerprint density at radius 3 is 2.50 bits per heavy atom. The molecule has 2 saturated carbocycles. The first kappa shape index (κ1) is 14.3. The van der Waals surface area contributed by atoms with Gasteiger partial charge in [0.1, 0.15) is 0 Å². The summed E-state index contributed by atoms with van der Waals surface area (Å²) in [5.74, 6) is 1.32. The molecule has 4 atom stereocenters. The molecule has 1 aliphatic heterocycles. The number of allylic oxidation sites excluding steroid dienone is 1. The van der Waals surface area contributed by atoms with E-state index in [1.54, 1.807) is 13.0 Å². The van der Waals surface area contributed by atoms with E-state index in [-0.39, 0.29) is 11.4 Å². The second-order valence-electron chi connectivity index (χ2n) is 8.24. The van der Waals surface area contributed by atoms with Gasteiger partial charge in [-0.15, -0.1) is 0 Å². The molecule has 2 nitrogen and oxygen atoms in total. The predicted molar refractivity (Wildman–Crippen MR) is 80.5 cm³/mol. The molecule has 0 amide bonds. The van der Waals surface area contributed by atoms with Gasteiger partial charge in [-0.3, -0.25) is 4.79 Å². The van der Waals surface area contributed by atoms with Crippen molar-refractivity contribution in [2.75, 3.05) is 6.61 Å². The number of hydrogen-bond donors (Lipinski definition) is 0. The lowest BCUT2D eigenvalue weighted by molar-refractivity contribution is -0.112. The van der Waals surface area contributed by atoms with Crippen molar-refractivity contribution >= 4 is 5.78 Å². The normalized spacial score (nSPS) is 46.4. The van der Waals surface area contributed by atoms with Crippen LogP contribution in [0.1, 0.15) is 59.8 Å². The topological polar surface area (TPSA) is 29.6 Å². The Balaban J connectivity index is 1.96. The van der Waals surface area contributed by atoms with Crippen LogP contribution in [0, 0.1) is 22.7 Å². The number of ether oxygens (including phenoxy) is 1. The van der Waals surface area contributed by atoms with Gasteiger partial charge in [-0.2, -0.15) is 0 Å². The van der Waals surface area contributed by atoms with Gasteiger partial charge in [-0.25, -0.2) is 0 Å². The molecule has 20 heavy (non-hydrogen) atoms. The van der Waals surface area contributed by atoms with Gasteiger partial charge >= 0.3 is 0 Å². The van der Waals surface area contributed by atoms with Crippen LogP contribution in [0.5, 0.6) is 0 Å². The van der Waals surface area contributed by atoms with E-state index in [1.807, 2.05) is 0 Å². The van der Waals surface area contributed by atoms with Crippen LogP contribution in [-0.2, 0) is 9.53 Å². The highest BCUT2D eigenvalue weighted by Crippen LogP contribution is 2.65. The van der Waals surface area contributed by atoms with Gasteiger partial charge < -0.3 is 4.74 Å². The van der Waals surface area contributed by atoms with Crippen molar-refractivity contribution in [2.45, 2.75) is 65.4 Å². The van der Waals surface area contributed by atoms with Gasteiger partial charge in [0.05, 0.1) is 12.2 Å². The molecule has 0 radical (unpaired) electrons. The number of carbonyl (C=O) groups excluding carboxylic acids is 1. The van der Waals surface area contributed by atoms with Crippen molar-refractivity contribution in [2.24, 2.45) is 22.7 Å². The summed E-state index contributed by atoms with van der Waals surface area (Å²) in [4.78, 5) is 11.4. The summed E-state index contributed by atoms with van der Waals surface area (Å²) in [6.07, 6.45) is 10.3. The van der Waals surface area contributed by atoms with Crippen molar-refractivity contribution in [3.8, 4) is 0 Å². The van der Waals surface area contributed by atoms with E-state index in [2.05, 4.69) is 26.8 Å². The Morgan fingerprint density at radius 2 is 1.90 bits per heavy atom. The Labute approximate surface area is 123 Å². The monoisotopic (exact) mass is 276 g/mol. The molecule has 0 aromatic rings. The van der Waals surface area contributed by atoms with Gasteiger partial charge in [0, 0.05) is 5.92 Å². The molecule has 1 spiro atoms. The number of epoxide rings is 1. The Kier molecular flexibility index (Phi) is 3.17. The molecule has 0 N–H and O–H groups in total. The quantitative estimate of drug-likeness (QED) is 0.560. The number of ketones is 1. The summed E-state index contributed by atoms with van der Waals surface area (Å²) in [6.45, 7) is 9.86. The molecule has 1 heterocycles. The van der Waals surface area contributed by atoms with E-state index in [0.717, 1.165) is 12.5 Å². The molecule has 2 heteroatoms. The van der Waals surface area contributed by atoms with Crippen molar-refractivity contribution < 1.29 is 9.53 Å². The summed E-state index contributed by atoms with van der Waals surface area (Å²) in [5.41, 5.74) is 0.777. The van der Waals surface area contributed by atoms with E-state index in [4.69, 9.17) is 4.74 Å². The third-order valence-corrected chi connectivity index (χ3v) is 6.45.